The number of amides is 1. The molecule has 0 radical (unpaired) electrons. The van der Waals surface area contributed by atoms with E-state index in [1.165, 1.54) is 295 Å². The standard InChI is InChI=1S/C82H153NO13/c1-3-5-7-9-11-13-15-17-19-21-23-25-27-29-31-32-33-34-35-36-37-38-40-42-44-46-48-50-52-54-56-58-60-62-64-66-74(87)83-70(69-93-81-79(92)77(90)80(73(68-85)95-81)96-82-78(91)76(89)75(88)72(67-84)94-82)71(86)65-63-61-59-57-55-53-51-49-47-45-43-41-39-30-28-26-24-22-20-18-16-14-12-10-8-6-4-2/h15,17,21,23,27,29,63,65,70-73,75-82,84-86,88-92H,3-14,16,18-20,22,24-26,28,30-62,64,66-69H2,1-2H3,(H,83,87)/b17-15-,23-21-,29-27-,65-63+. The molecule has 14 heteroatoms. The number of hydrogen-bond donors (Lipinski definition) is 9. The molecule has 2 aliphatic rings. The van der Waals surface area contributed by atoms with E-state index in [9.17, 15) is 45.6 Å². The van der Waals surface area contributed by atoms with Crippen LogP contribution in [0.15, 0.2) is 48.6 Å². The van der Waals surface area contributed by atoms with E-state index in [0.717, 1.165) is 51.4 Å². The largest absolute Gasteiger partial charge is 0.394 e. The molecule has 0 aromatic heterocycles. The molecule has 2 heterocycles. The second-order valence-electron chi connectivity index (χ2n) is 28.9. The van der Waals surface area contributed by atoms with Crippen molar-refractivity contribution in [3.8, 4) is 0 Å². The number of carbonyl (C=O) groups is 1. The first-order valence-electron chi connectivity index (χ1n) is 40.9. The van der Waals surface area contributed by atoms with Crippen LogP contribution in [0.4, 0.5) is 0 Å². The third-order valence-corrected chi connectivity index (χ3v) is 20.0. The van der Waals surface area contributed by atoms with E-state index in [1.807, 2.05) is 6.08 Å². The number of ether oxygens (including phenoxy) is 4. The fraction of sp³-hybridized carbons (Fsp3) is 0.890. The Bertz CT molecular complexity index is 1800. The quantitative estimate of drug-likeness (QED) is 0.0204. The molecule has 0 spiro atoms. The zero-order valence-electron chi connectivity index (χ0n) is 61.9. The van der Waals surface area contributed by atoms with Gasteiger partial charge in [-0.25, -0.2) is 0 Å². The van der Waals surface area contributed by atoms with E-state index in [4.69, 9.17) is 18.9 Å². The van der Waals surface area contributed by atoms with Crippen LogP contribution < -0.4 is 5.32 Å². The number of hydrogen-bond acceptors (Lipinski definition) is 13. The summed E-state index contributed by atoms with van der Waals surface area (Å²) in [4.78, 5) is 13.4. The molecule has 9 N–H and O–H groups in total. The topological polar surface area (TPSA) is 228 Å². The normalized spacial score (nSPS) is 22.4. The van der Waals surface area contributed by atoms with Gasteiger partial charge in [-0.05, 0) is 57.8 Å². The van der Waals surface area contributed by atoms with E-state index >= 15 is 0 Å². The zero-order chi connectivity index (χ0) is 69.4. The number of aliphatic hydroxyl groups excluding tert-OH is 8. The van der Waals surface area contributed by atoms with Crippen LogP contribution in [-0.4, -0.2) is 140 Å². The smallest absolute Gasteiger partial charge is 0.220 e. The highest BCUT2D eigenvalue weighted by Crippen LogP contribution is 2.30. The van der Waals surface area contributed by atoms with Crippen molar-refractivity contribution in [2.75, 3.05) is 19.8 Å². The maximum atomic E-state index is 13.4. The van der Waals surface area contributed by atoms with E-state index in [2.05, 4.69) is 55.6 Å². The lowest BCUT2D eigenvalue weighted by Crippen LogP contribution is -2.65. The zero-order valence-corrected chi connectivity index (χ0v) is 61.9. The first-order chi connectivity index (χ1) is 47.1. The lowest BCUT2D eigenvalue weighted by Gasteiger charge is -2.46. The maximum absolute atomic E-state index is 13.4. The summed E-state index contributed by atoms with van der Waals surface area (Å²) in [7, 11) is 0. The monoisotopic (exact) mass is 1360 g/mol. The predicted molar refractivity (Wildman–Crippen MR) is 397 cm³/mol. The molecule has 2 fully saturated rings. The summed E-state index contributed by atoms with van der Waals surface area (Å²) >= 11 is 0. The summed E-state index contributed by atoms with van der Waals surface area (Å²) in [6, 6.07) is -0.916. The van der Waals surface area contributed by atoms with Crippen LogP contribution in [0.5, 0.6) is 0 Å². The number of unbranched alkanes of at least 4 members (excludes halogenated alkanes) is 50. The Kier molecular flexibility index (Phi) is 62.1. The van der Waals surface area contributed by atoms with Crippen molar-refractivity contribution < 1.29 is 64.6 Å². The van der Waals surface area contributed by atoms with Crippen LogP contribution in [0.3, 0.4) is 0 Å². The molecule has 1 amide bonds. The fourth-order valence-corrected chi connectivity index (χ4v) is 13.5. The van der Waals surface area contributed by atoms with Gasteiger partial charge < -0.3 is 65.1 Å². The Labute approximate surface area is 588 Å². The van der Waals surface area contributed by atoms with Crippen molar-refractivity contribution in [3.63, 3.8) is 0 Å². The van der Waals surface area contributed by atoms with Crippen LogP contribution in [0.1, 0.15) is 373 Å². The van der Waals surface area contributed by atoms with E-state index < -0.39 is 86.8 Å². The first-order valence-corrected chi connectivity index (χ1v) is 40.9. The Balaban J connectivity index is 1.60. The number of nitrogens with one attached hydrogen (secondary N) is 1. The summed E-state index contributed by atoms with van der Waals surface area (Å²) in [6.45, 7) is 2.85. The van der Waals surface area contributed by atoms with Gasteiger partial charge in [-0.1, -0.05) is 358 Å². The highest BCUT2D eigenvalue weighted by atomic mass is 16.7. The number of aliphatic hydroxyl groups is 8. The van der Waals surface area contributed by atoms with Gasteiger partial charge in [0.05, 0.1) is 32.0 Å². The first kappa shape index (κ1) is 90.0. The number of carbonyl (C=O) groups excluding carboxylic acids is 1. The van der Waals surface area contributed by atoms with Crippen molar-refractivity contribution in [2.24, 2.45) is 0 Å². The van der Waals surface area contributed by atoms with Gasteiger partial charge in [0, 0.05) is 6.42 Å². The van der Waals surface area contributed by atoms with E-state index in [1.54, 1.807) is 6.08 Å². The lowest BCUT2D eigenvalue weighted by molar-refractivity contribution is -0.359. The van der Waals surface area contributed by atoms with Crippen molar-refractivity contribution in [2.45, 2.75) is 447 Å². The maximum Gasteiger partial charge on any atom is 0.220 e. The summed E-state index contributed by atoms with van der Waals surface area (Å²) < 4.78 is 22.9. The molecular weight excluding hydrogens is 1210 g/mol. The molecule has 0 saturated carbocycles. The highest BCUT2D eigenvalue weighted by molar-refractivity contribution is 5.76. The lowest BCUT2D eigenvalue weighted by atomic mass is 9.97. The molecule has 12 atom stereocenters. The van der Waals surface area contributed by atoms with Gasteiger partial charge in [0.1, 0.15) is 48.8 Å². The summed E-state index contributed by atoms with van der Waals surface area (Å²) in [5.41, 5.74) is 0. The Morgan fingerprint density at radius 2 is 0.688 bits per heavy atom. The molecule has 2 saturated heterocycles. The molecule has 0 aliphatic carbocycles. The third-order valence-electron chi connectivity index (χ3n) is 20.0. The molecule has 12 unspecified atom stereocenters. The molecule has 2 rings (SSSR count). The molecule has 2 aliphatic heterocycles. The second kappa shape index (κ2) is 66.2. The highest BCUT2D eigenvalue weighted by Gasteiger charge is 2.51. The van der Waals surface area contributed by atoms with Crippen LogP contribution in [0.2, 0.25) is 0 Å². The van der Waals surface area contributed by atoms with Gasteiger partial charge >= 0.3 is 0 Å². The SMILES string of the molecule is CCCCCCC/C=C\C/C=C\C/C=C\CCCCCCCCCCCCCCCCCCCCCCC(=O)NC(COC1OC(CO)C(OC2OC(CO)C(O)C(O)C2O)C(O)C1O)C(O)/C=C/CCCCCCCCCCCCCCCCCCCCCCCCCCC. The minimum atomic E-state index is -1.79. The van der Waals surface area contributed by atoms with Gasteiger partial charge in [0.15, 0.2) is 12.6 Å². The van der Waals surface area contributed by atoms with Crippen molar-refractivity contribution in [3.05, 3.63) is 48.6 Å². The Morgan fingerprint density at radius 3 is 1.05 bits per heavy atom. The van der Waals surface area contributed by atoms with Gasteiger partial charge in [-0.3, -0.25) is 4.79 Å². The van der Waals surface area contributed by atoms with Crippen LogP contribution >= 0.6 is 0 Å². The molecule has 564 valence electrons. The Morgan fingerprint density at radius 1 is 0.375 bits per heavy atom. The summed E-state index contributed by atoms with van der Waals surface area (Å²) in [6.07, 6.45) is 71.9. The van der Waals surface area contributed by atoms with Crippen LogP contribution in [0, 0.1) is 0 Å². The van der Waals surface area contributed by atoms with E-state index in [-0.39, 0.29) is 18.9 Å². The van der Waals surface area contributed by atoms with Gasteiger partial charge in [-0.15, -0.1) is 0 Å². The van der Waals surface area contributed by atoms with Crippen molar-refractivity contribution >= 4 is 5.91 Å². The summed E-state index contributed by atoms with van der Waals surface area (Å²) in [5.74, 6) is -0.232. The Hall–Kier alpha value is -2.05. The van der Waals surface area contributed by atoms with Crippen LogP contribution in [-0.2, 0) is 23.7 Å². The molecular formula is C82H153NO13. The minimum absolute atomic E-state index is 0.232. The average Bonchev–Trinajstić information content (AvgIpc) is 0.797. The fourth-order valence-electron chi connectivity index (χ4n) is 13.5. The van der Waals surface area contributed by atoms with Crippen molar-refractivity contribution in [1.82, 2.24) is 5.32 Å². The van der Waals surface area contributed by atoms with Gasteiger partial charge in [0.25, 0.3) is 0 Å². The van der Waals surface area contributed by atoms with E-state index in [0.29, 0.717) is 6.42 Å². The van der Waals surface area contributed by atoms with Gasteiger partial charge in [-0.2, -0.15) is 0 Å². The molecule has 0 bridgehead atoms. The molecule has 0 aromatic carbocycles. The molecule has 0 aromatic rings. The second-order valence-corrected chi connectivity index (χ2v) is 28.9. The summed E-state index contributed by atoms with van der Waals surface area (Å²) in [5, 5.41) is 87.7. The number of allylic oxidation sites excluding steroid dienone is 7. The number of rotatable bonds is 69. The van der Waals surface area contributed by atoms with Crippen LogP contribution in [0.25, 0.3) is 0 Å². The average molecular weight is 1360 g/mol. The minimum Gasteiger partial charge on any atom is -0.394 e. The molecule has 96 heavy (non-hydrogen) atoms. The third kappa shape index (κ3) is 48.7. The van der Waals surface area contributed by atoms with Gasteiger partial charge in [0.2, 0.25) is 5.91 Å². The molecule has 14 nitrogen and oxygen atoms in total. The predicted octanol–water partition coefficient (Wildman–Crippen LogP) is 18.6. The van der Waals surface area contributed by atoms with Crippen molar-refractivity contribution in [1.29, 1.82) is 0 Å².